The molecule has 2 amide bonds. The van der Waals surface area contributed by atoms with Gasteiger partial charge in [0, 0.05) is 24.4 Å². The van der Waals surface area contributed by atoms with Crippen LogP contribution in [-0.2, 0) is 26.0 Å². The van der Waals surface area contributed by atoms with E-state index >= 15 is 0 Å². The summed E-state index contributed by atoms with van der Waals surface area (Å²) in [5.41, 5.74) is 1.24. The van der Waals surface area contributed by atoms with Crippen LogP contribution < -0.4 is 4.90 Å². The van der Waals surface area contributed by atoms with Crippen LogP contribution >= 0.6 is 11.3 Å². The van der Waals surface area contributed by atoms with Crippen LogP contribution in [0.2, 0.25) is 0 Å². The molecule has 1 fully saturated rings. The predicted octanol–water partition coefficient (Wildman–Crippen LogP) is 3.65. The van der Waals surface area contributed by atoms with Gasteiger partial charge in [0.2, 0.25) is 11.8 Å². The van der Waals surface area contributed by atoms with Crippen molar-refractivity contribution in [1.29, 1.82) is 0 Å². The molecule has 0 unspecified atom stereocenters. The number of aromatic nitrogens is 1. The van der Waals surface area contributed by atoms with E-state index < -0.39 is 15.9 Å². The van der Waals surface area contributed by atoms with Gasteiger partial charge in [0.05, 0.1) is 35.7 Å². The normalized spacial score (nSPS) is 17.3. The fourth-order valence-corrected chi connectivity index (χ4v) is 6.28. The summed E-state index contributed by atoms with van der Waals surface area (Å²) in [6.45, 7) is 1.65. The third kappa shape index (κ3) is 5.58. The van der Waals surface area contributed by atoms with Crippen molar-refractivity contribution in [3.8, 4) is 0 Å². The molecule has 33 heavy (non-hydrogen) atoms. The number of amides is 2. The molecular weight excluding hydrogens is 462 g/mol. The lowest BCUT2D eigenvalue weighted by Crippen LogP contribution is -2.39. The number of sulfone groups is 1. The molecule has 1 aromatic carbocycles. The van der Waals surface area contributed by atoms with Gasteiger partial charge < -0.3 is 9.32 Å². The Kier molecular flexibility index (Phi) is 6.75. The van der Waals surface area contributed by atoms with Crippen LogP contribution in [0.3, 0.4) is 0 Å². The molecule has 172 valence electrons. The van der Waals surface area contributed by atoms with Crippen molar-refractivity contribution in [3.63, 3.8) is 0 Å². The van der Waals surface area contributed by atoms with E-state index in [1.165, 1.54) is 40.4 Å². The second kappa shape index (κ2) is 9.72. The van der Waals surface area contributed by atoms with Crippen molar-refractivity contribution in [1.82, 2.24) is 9.88 Å². The zero-order valence-electron chi connectivity index (χ0n) is 18.0. The smallest absolute Gasteiger partial charge is 0.247 e. The van der Waals surface area contributed by atoms with Gasteiger partial charge in [-0.1, -0.05) is 18.2 Å². The number of rotatable bonds is 7. The van der Waals surface area contributed by atoms with Crippen molar-refractivity contribution < 1.29 is 22.4 Å². The van der Waals surface area contributed by atoms with Gasteiger partial charge in [-0.3, -0.25) is 14.5 Å². The molecule has 1 atom stereocenters. The van der Waals surface area contributed by atoms with Gasteiger partial charge in [-0.2, -0.15) is 0 Å². The van der Waals surface area contributed by atoms with Crippen LogP contribution in [-0.4, -0.2) is 47.7 Å². The van der Waals surface area contributed by atoms with Crippen LogP contribution in [0.5, 0.6) is 0 Å². The average molecular weight is 486 g/mol. The highest BCUT2D eigenvalue weighted by Crippen LogP contribution is 2.29. The third-order valence-electron chi connectivity index (χ3n) is 5.27. The van der Waals surface area contributed by atoms with E-state index in [9.17, 15) is 18.0 Å². The zero-order valence-corrected chi connectivity index (χ0v) is 19.6. The van der Waals surface area contributed by atoms with Crippen LogP contribution in [0.4, 0.5) is 10.8 Å². The number of thiazole rings is 1. The number of anilines is 2. The van der Waals surface area contributed by atoms with Crippen LogP contribution in [0.15, 0.2) is 64.6 Å². The molecule has 10 heteroatoms. The molecule has 1 aliphatic rings. The van der Waals surface area contributed by atoms with Gasteiger partial charge in [-0.05, 0) is 36.8 Å². The standard InChI is InChI=1S/C23H23N3O5S2/c1-17(27)26(19-6-3-2-4-7-19)23-24-18(15-32-23)9-10-22(28)25(14-21-8-5-12-31-21)20-11-13-33(29,30)16-20/h2-10,12,15,20H,11,13-14,16H2,1H3/b10-9+/t20-/m1/s1. The van der Waals surface area contributed by atoms with Gasteiger partial charge in [-0.25, -0.2) is 13.4 Å². The summed E-state index contributed by atoms with van der Waals surface area (Å²) in [4.78, 5) is 32.8. The molecule has 4 rings (SSSR count). The molecule has 0 N–H and O–H groups in total. The first-order chi connectivity index (χ1) is 15.8. The van der Waals surface area contributed by atoms with Crippen molar-refractivity contribution >= 4 is 49.9 Å². The molecule has 8 nitrogen and oxygen atoms in total. The zero-order chi connectivity index (χ0) is 23.4. The molecule has 1 aliphatic heterocycles. The third-order valence-corrected chi connectivity index (χ3v) is 7.86. The largest absolute Gasteiger partial charge is 0.467 e. The Bertz CT molecular complexity index is 1250. The lowest BCUT2D eigenvalue weighted by molar-refractivity contribution is -0.128. The first-order valence-corrected chi connectivity index (χ1v) is 13.1. The maximum Gasteiger partial charge on any atom is 0.247 e. The van der Waals surface area contributed by atoms with Crippen LogP contribution in [0.25, 0.3) is 6.08 Å². The van der Waals surface area contributed by atoms with Gasteiger partial charge in [-0.15, -0.1) is 11.3 Å². The second-order valence-corrected chi connectivity index (χ2v) is 10.7. The first kappa shape index (κ1) is 22.9. The number of benzene rings is 1. The van der Waals surface area contributed by atoms with Crippen molar-refractivity contribution in [3.05, 3.63) is 71.6 Å². The topological polar surface area (TPSA) is 101 Å². The van der Waals surface area contributed by atoms with Crippen molar-refractivity contribution in [2.45, 2.75) is 25.9 Å². The monoisotopic (exact) mass is 485 g/mol. The highest BCUT2D eigenvalue weighted by atomic mass is 32.2. The highest BCUT2D eigenvalue weighted by Gasteiger charge is 2.34. The first-order valence-electron chi connectivity index (χ1n) is 10.4. The summed E-state index contributed by atoms with van der Waals surface area (Å²) in [5, 5.41) is 2.25. The number of hydrogen-bond acceptors (Lipinski definition) is 7. The minimum atomic E-state index is -3.16. The Labute approximate surface area is 196 Å². The highest BCUT2D eigenvalue weighted by molar-refractivity contribution is 7.91. The Morgan fingerprint density at radius 3 is 2.64 bits per heavy atom. The van der Waals surface area contributed by atoms with E-state index in [-0.39, 0.29) is 29.9 Å². The van der Waals surface area contributed by atoms with E-state index in [1.807, 2.05) is 30.3 Å². The molecule has 0 radical (unpaired) electrons. The van der Waals surface area contributed by atoms with Crippen molar-refractivity contribution in [2.24, 2.45) is 0 Å². The summed E-state index contributed by atoms with van der Waals surface area (Å²) < 4.78 is 29.3. The number of carbonyl (C=O) groups is 2. The molecule has 0 bridgehead atoms. The fraction of sp³-hybridized carbons (Fsp3) is 0.261. The molecule has 0 saturated carbocycles. The minimum absolute atomic E-state index is 0.0568. The van der Waals surface area contributed by atoms with E-state index in [2.05, 4.69) is 4.98 Å². The average Bonchev–Trinajstić information content (AvgIpc) is 3.53. The van der Waals surface area contributed by atoms with E-state index in [4.69, 9.17) is 4.42 Å². The second-order valence-electron chi connectivity index (χ2n) is 7.68. The van der Waals surface area contributed by atoms with Crippen LogP contribution in [0.1, 0.15) is 24.8 Å². The summed E-state index contributed by atoms with van der Waals surface area (Å²) in [6.07, 6.45) is 4.87. The Morgan fingerprint density at radius 2 is 2.00 bits per heavy atom. The Morgan fingerprint density at radius 1 is 1.21 bits per heavy atom. The maximum atomic E-state index is 13.0. The van der Waals surface area contributed by atoms with Gasteiger partial charge in [0.15, 0.2) is 15.0 Å². The quantitative estimate of drug-likeness (QED) is 0.474. The summed E-state index contributed by atoms with van der Waals surface area (Å²) in [7, 11) is -3.16. The maximum absolute atomic E-state index is 13.0. The van der Waals surface area contributed by atoms with E-state index in [0.29, 0.717) is 28.7 Å². The lowest BCUT2D eigenvalue weighted by Gasteiger charge is -2.26. The summed E-state index contributed by atoms with van der Waals surface area (Å²) in [5.74, 6) is 0.0958. The summed E-state index contributed by atoms with van der Waals surface area (Å²) >= 11 is 1.29. The molecule has 3 aromatic rings. The van der Waals surface area contributed by atoms with Crippen molar-refractivity contribution in [2.75, 3.05) is 16.4 Å². The van der Waals surface area contributed by atoms with Gasteiger partial charge in [0.25, 0.3) is 0 Å². The predicted molar refractivity (Wildman–Crippen MR) is 127 cm³/mol. The number of nitrogens with zero attached hydrogens (tertiary/aromatic N) is 3. The van der Waals surface area contributed by atoms with E-state index in [1.54, 1.807) is 23.6 Å². The molecule has 2 aromatic heterocycles. The number of carbonyl (C=O) groups excluding carboxylic acids is 2. The Balaban J connectivity index is 1.52. The van der Waals surface area contributed by atoms with Gasteiger partial charge in [0.1, 0.15) is 5.76 Å². The molecule has 1 saturated heterocycles. The molecule has 0 aliphatic carbocycles. The SMILES string of the molecule is CC(=O)N(c1ccccc1)c1nc(/C=C/C(=O)N(Cc2ccco2)[C@@H]2CCS(=O)(=O)C2)cs1. The van der Waals surface area contributed by atoms with E-state index in [0.717, 1.165) is 0 Å². The number of furan rings is 1. The summed E-state index contributed by atoms with van der Waals surface area (Å²) in [6, 6.07) is 12.3. The molecular formula is C23H23N3O5S2. The molecule has 0 spiro atoms. The number of para-hydroxylation sites is 1. The molecule has 3 heterocycles. The fourth-order valence-electron chi connectivity index (χ4n) is 3.69. The van der Waals surface area contributed by atoms with Crippen LogP contribution in [0, 0.1) is 0 Å². The lowest BCUT2D eigenvalue weighted by atomic mass is 10.2. The number of hydrogen-bond donors (Lipinski definition) is 0. The Hall–Kier alpha value is -3.24. The van der Waals surface area contributed by atoms with Gasteiger partial charge >= 0.3 is 0 Å². The minimum Gasteiger partial charge on any atom is -0.467 e.